The predicted octanol–water partition coefficient (Wildman–Crippen LogP) is 5.12. The van der Waals surface area contributed by atoms with E-state index < -0.39 is 23.4 Å². The highest BCUT2D eigenvalue weighted by Crippen LogP contribution is 2.69. The molecule has 7 atom stereocenters. The molecule has 4 aliphatic carbocycles. The Morgan fingerprint density at radius 3 is 2.67 bits per heavy atom. The number of aliphatic hydroxyl groups excluding tert-OH is 1. The van der Waals surface area contributed by atoms with Gasteiger partial charge >= 0.3 is 0 Å². The monoisotopic (exact) mass is 492 g/mol. The minimum Gasteiger partial charge on any atom is -0.388 e. The number of aromatic nitrogens is 2. The van der Waals surface area contributed by atoms with Crippen molar-refractivity contribution in [2.75, 3.05) is 6.61 Å². The maximum Gasteiger partial charge on any atom is 0.190 e. The largest absolute Gasteiger partial charge is 0.388 e. The first kappa shape index (κ1) is 24.1. The van der Waals surface area contributed by atoms with Crippen LogP contribution in [-0.2, 0) is 11.2 Å². The summed E-state index contributed by atoms with van der Waals surface area (Å²) in [6, 6.07) is 6.50. The van der Waals surface area contributed by atoms with Crippen molar-refractivity contribution in [2.45, 2.75) is 71.3 Å². The van der Waals surface area contributed by atoms with Gasteiger partial charge in [0, 0.05) is 5.41 Å². The number of fused-ring (bicyclic) bond motifs is 6. The molecule has 192 valence electrons. The van der Waals surface area contributed by atoms with E-state index in [0.717, 1.165) is 49.9 Å². The number of benzene rings is 1. The summed E-state index contributed by atoms with van der Waals surface area (Å²) in [6.07, 6.45) is 10.4. The van der Waals surface area contributed by atoms with E-state index in [0.29, 0.717) is 24.2 Å². The third kappa shape index (κ3) is 3.06. The van der Waals surface area contributed by atoms with Gasteiger partial charge in [-0.05, 0) is 104 Å². The Morgan fingerprint density at radius 1 is 1.22 bits per heavy atom. The van der Waals surface area contributed by atoms with Gasteiger partial charge in [-0.2, -0.15) is 5.10 Å². The highest BCUT2D eigenvalue weighted by atomic mass is 19.1. The van der Waals surface area contributed by atoms with Crippen molar-refractivity contribution in [1.29, 1.82) is 0 Å². The van der Waals surface area contributed by atoms with Crippen LogP contribution in [0.5, 0.6) is 0 Å². The molecule has 0 spiro atoms. The van der Waals surface area contributed by atoms with Gasteiger partial charge in [-0.1, -0.05) is 32.8 Å². The number of carbonyl (C=O) groups is 1. The molecular formula is C30H37FN2O3. The topological polar surface area (TPSA) is 75.3 Å². The second kappa shape index (κ2) is 8.09. The maximum absolute atomic E-state index is 13.5. The molecule has 0 radical (unpaired) electrons. The smallest absolute Gasteiger partial charge is 0.190 e. The molecule has 1 aromatic heterocycles. The molecule has 6 rings (SSSR count). The van der Waals surface area contributed by atoms with Crippen LogP contribution in [-0.4, -0.2) is 38.0 Å². The van der Waals surface area contributed by atoms with Crippen molar-refractivity contribution in [3.05, 3.63) is 53.1 Å². The van der Waals surface area contributed by atoms with Crippen molar-refractivity contribution in [3.63, 3.8) is 0 Å². The molecule has 3 fully saturated rings. The zero-order valence-electron chi connectivity index (χ0n) is 21.5. The van der Waals surface area contributed by atoms with Gasteiger partial charge in [0.15, 0.2) is 5.78 Å². The second-order valence-corrected chi connectivity index (χ2v) is 12.3. The fourth-order valence-electron chi connectivity index (χ4n) is 9.23. The molecule has 0 bridgehead atoms. The van der Waals surface area contributed by atoms with Crippen molar-refractivity contribution in [1.82, 2.24) is 9.78 Å². The SMILES string of the molecule is CC[C@H]1CC2(C)C(CCC2(O)C(=O)CO)C2CCC3=Cc4c(cnn4-c4ccc(F)cc4)CC3(C)C21. The molecule has 36 heavy (non-hydrogen) atoms. The van der Waals surface area contributed by atoms with E-state index in [9.17, 15) is 19.4 Å². The van der Waals surface area contributed by atoms with Gasteiger partial charge in [0.05, 0.1) is 17.6 Å². The molecule has 5 nitrogen and oxygen atoms in total. The van der Waals surface area contributed by atoms with Crippen LogP contribution in [0.25, 0.3) is 11.8 Å². The summed E-state index contributed by atoms with van der Waals surface area (Å²) in [5, 5.41) is 26.0. The third-order valence-electron chi connectivity index (χ3n) is 10.9. The molecular weight excluding hydrogens is 455 g/mol. The number of aliphatic hydroxyl groups is 2. The maximum atomic E-state index is 13.5. The number of Topliss-reactive ketones (excluding diaryl/α,β-unsaturated/α-hetero) is 1. The summed E-state index contributed by atoms with van der Waals surface area (Å²) >= 11 is 0. The molecule has 4 aliphatic rings. The average molecular weight is 493 g/mol. The molecule has 6 unspecified atom stereocenters. The average Bonchev–Trinajstić information content (AvgIpc) is 3.39. The van der Waals surface area contributed by atoms with E-state index in [-0.39, 0.29) is 17.2 Å². The Balaban J connectivity index is 1.39. The van der Waals surface area contributed by atoms with Gasteiger partial charge in [0.2, 0.25) is 0 Å². The normalized spacial score (nSPS) is 39.0. The van der Waals surface area contributed by atoms with E-state index in [1.807, 2.05) is 10.9 Å². The molecule has 2 aromatic rings. The van der Waals surface area contributed by atoms with E-state index in [1.165, 1.54) is 23.3 Å². The van der Waals surface area contributed by atoms with Crippen LogP contribution in [0.15, 0.2) is 36.0 Å². The molecule has 0 saturated heterocycles. The van der Waals surface area contributed by atoms with Crippen molar-refractivity contribution in [3.8, 4) is 5.69 Å². The number of hydrogen-bond acceptors (Lipinski definition) is 4. The van der Waals surface area contributed by atoms with Gasteiger partial charge in [0.25, 0.3) is 0 Å². The Bertz CT molecular complexity index is 1240. The number of ketones is 1. The predicted molar refractivity (Wildman–Crippen MR) is 136 cm³/mol. The number of allylic oxidation sites excluding steroid dienone is 1. The number of nitrogens with zero attached hydrogens (tertiary/aromatic N) is 2. The minimum atomic E-state index is -1.42. The lowest BCUT2D eigenvalue weighted by Gasteiger charge is -2.61. The number of halogens is 1. The van der Waals surface area contributed by atoms with Crippen LogP contribution in [0.4, 0.5) is 4.39 Å². The van der Waals surface area contributed by atoms with Gasteiger partial charge < -0.3 is 10.2 Å². The van der Waals surface area contributed by atoms with Crippen molar-refractivity contribution in [2.24, 2.45) is 34.5 Å². The summed E-state index contributed by atoms with van der Waals surface area (Å²) in [4.78, 5) is 12.8. The fraction of sp³-hybridized carbons (Fsp3) is 0.600. The quantitative estimate of drug-likeness (QED) is 0.621. The summed E-state index contributed by atoms with van der Waals surface area (Å²) < 4.78 is 15.4. The van der Waals surface area contributed by atoms with Gasteiger partial charge in [0.1, 0.15) is 18.0 Å². The molecule has 3 saturated carbocycles. The summed E-state index contributed by atoms with van der Waals surface area (Å²) in [5.41, 5.74) is 2.78. The first-order valence-corrected chi connectivity index (χ1v) is 13.6. The highest BCUT2D eigenvalue weighted by Gasteiger charge is 2.67. The van der Waals surface area contributed by atoms with E-state index in [2.05, 4.69) is 26.8 Å². The Morgan fingerprint density at radius 2 is 1.97 bits per heavy atom. The molecule has 0 amide bonds. The van der Waals surface area contributed by atoms with Crippen LogP contribution >= 0.6 is 0 Å². The molecule has 2 N–H and O–H groups in total. The third-order valence-corrected chi connectivity index (χ3v) is 10.9. The number of carbonyl (C=O) groups excluding carboxylic acids is 1. The molecule has 6 heteroatoms. The van der Waals surface area contributed by atoms with E-state index >= 15 is 0 Å². The van der Waals surface area contributed by atoms with Crippen LogP contribution in [0.3, 0.4) is 0 Å². The lowest BCUT2D eigenvalue weighted by atomic mass is 9.43. The van der Waals surface area contributed by atoms with Gasteiger partial charge in [-0.25, -0.2) is 9.07 Å². The Kier molecular flexibility index (Phi) is 5.41. The van der Waals surface area contributed by atoms with Crippen LogP contribution in [0.2, 0.25) is 0 Å². The van der Waals surface area contributed by atoms with Crippen LogP contribution in [0, 0.1) is 40.3 Å². The minimum absolute atomic E-state index is 0.0102. The molecule has 0 aliphatic heterocycles. The summed E-state index contributed by atoms with van der Waals surface area (Å²) in [5.74, 6) is 0.958. The summed E-state index contributed by atoms with van der Waals surface area (Å²) in [6.45, 7) is 6.21. The van der Waals surface area contributed by atoms with Crippen LogP contribution < -0.4 is 0 Å². The fourth-order valence-corrected chi connectivity index (χ4v) is 9.23. The Hall–Kier alpha value is -2.31. The van der Waals surface area contributed by atoms with Crippen molar-refractivity contribution < 1.29 is 19.4 Å². The standard InChI is InChI=1S/C30H37FN2O3/c1-4-18-15-29(3)24(11-12-30(29,36)26(35)17-34)23-10-5-20-13-25-19(14-28(20,2)27(18)23)16-32-33(25)22-8-6-21(31)7-9-22/h6-9,13,16,18,23-24,27,34,36H,4-5,10-12,14-15,17H2,1-3H3/t18-,23?,24?,27?,28?,29?,30?/m0/s1. The molecule has 1 heterocycles. The highest BCUT2D eigenvalue weighted by molar-refractivity contribution is 5.89. The second-order valence-electron chi connectivity index (χ2n) is 12.3. The lowest BCUT2D eigenvalue weighted by Crippen LogP contribution is -2.60. The summed E-state index contributed by atoms with van der Waals surface area (Å²) in [7, 11) is 0. The van der Waals surface area contributed by atoms with E-state index in [1.54, 1.807) is 12.1 Å². The first-order valence-electron chi connectivity index (χ1n) is 13.6. The van der Waals surface area contributed by atoms with Gasteiger partial charge in [-0.15, -0.1) is 0 Å². The van der Waals surface area contributed by atoms with Crippen LogP contribution in [0.1, 0.15) is 70.6 Å². The van der Waals surface area contributed by atoms with Gasteiger partial charge in [-0.3, -0.25) is 4.79 Å². The first-order chi connectivity index (χ1) is 17.2. The number of rotatable bonds is 4. The zero-order valence-corrected chi connectivity index (χ0v) is 21.5. The Labute approximate surface area is 212 Å². The van der Waals surface area contributed by atoms with E-state index in [4.69, 9.17) is 5.10 Å². The number of hydrogen-bond donors (Lipinski definition) is 2. The lowest BCUT2D eigenvalue weighted by molar-refractivity contribution is -0.171. The zero-order chi connectivity index (χ0) is 25.5. The van der Waals surface area contributed by atoms with Crippen molar-refractivity contribution >= 4 is 11.9 Å². The molecule has 1 aromatic carbocycles.